The van der Waals surface area contributed by atoms with Crippen molar-refractivity contribution >= 4 is 5.95 Å². The highest BCUT2D eigenvalue weighted by Crippen LogP contribution is 2.19. The van der Waals surface area contributed by atoms with E-state index in [4.69, 9.17) is 4.74 Å². The third-order valence-electron chi connectivity index (χ3n) is 2.97. The smallest absolute Gasteiger partial charge is 0.280 e. The lowest BCUT2D eigenvalue weighted by Crippen LogP contribution is -2.32. The van der Waals surface area contributed by atoms with Crippen LogP contribution < -0.4 is 10.9 Å². The van der Waals surface area contributed by atoms with Crippen molar-refractivity contribution in [3.8, 4) is 0 Å². The summed E-state index contributed by atoms with van der Waals surface area (Å²) in [5, 5.41) is 3.16. The molecule has 15 heavy (non-hydrogen) atoms. The van der Waals surface area contributed by atoms with Crippen LogP contribution in [0.1, 0.15) is 17.7 Å². The second-order valence-electron chi connectivity index (χ2n) is 3.90. The first kappa shape index (κ1) is 8.91. The Kier molecular flexibility index (Phi) is 1.98. The van der Waals surface area contributed by atoms with Crippen molar-refractivity contribution in [2.75, 3.05) is 18.5 Å². The lowest BCUT2D eigenvalue weighted by atomic mass is 10.1. The Hall–Kier alpha value is -1.36. The molecule has 0 saturated carbocycles. The molecule has 0 spiro atoms. The second kappa shape index (κ2) is 3.34. The number of fused-ring (bicyclic) bond motifs is 3. The van der Waals surface area contributed by atoms with Crippen LogP contribution >= 0.6 is 0 Å². The van der Waals surface area contributed by atoms with Gasteiger partial charge in [0.1, 0.15) is 0 Å². The lowest BCUT2D eigenvalue weighted by Gasteiger charge is -2.26. The van der Waals surface area contributed by atoms with Gasteiger partial charge in [-0.15, -0.1) is 0 Å². The van der Waals surface area contributed by atoms with Crippen LogP contribution in [0.15, 0.2) is 4.79 Å². The van der Waals surface area contributed by atoms with E-state index in [-0.39, 0.29) is 5.56 Å². The van der Waals surface area contributed by atoms with Crippen LogP contribution in [0.4, 0.5) is 5.95 Å². The summed E-state index contributed by atoms with van der Waals surface area (Å²) in [6.45, 7) is 2.98. The van der Waals surface area contributed by atoms with Crippen LogP contribution in [-0.2, 0) is 24.3 Å². The molecule has 0 atom stereocenters. The molecule has 0 bridgehead atoms. The molecule has 0 aliphatic carbocycles. The van der Waals surface area contributed by atoms with Gasteiger partial charge < -0.3 is 14.6 Å². The molecular weight excluding hydrogens is 194 g/mol. The molecule has 1 aromatic heterocycles. The van der Waals surface area contributed by atoms with E-state index in [0.29, 0.717) is 13.2 Å². The number of hydrogen-bond donors (Lipinski definition) is 1. The van der Waals surface area contributed by atoms with Crippen molar-refractivity contribution in [1.82, 2.24) is 9.55 Å². The van der Waals surface area contributed by atoms with Crippen molar-refractivity contribution in [3.63, 3.8) is 0 Å². The largest absolute Gasteiger partial charge is 0.376 e. The molecule has 2 aliphatic heterocycles. The molecule has 1 aromatic rings. The number of nitrogens with one attached hydrogen (secondary N) is 1. The van der Waals surface area contributed by atoms with Gasteiger partial charge in [0.15, 0.2) is 0 Å². The third-order valence-corrected chi connectivity index (χ3v) is 2.97. The molecule has 80 valence electrons. The van der Waals surface area contributed by atoms with E-state index in [1.165, 1.54) is 0 Å². The van der Waals surface area contributed by atoms with Crippen molar-refractivity contribution in [2.45, 2.75) is 26.0 Å². The Morgan fingerprint density at radius 3 is 3.33 bits per heavy atom. The van der Waals surface area contributed by atoms with E-state index in [9.17, 15) is 4.79 Å². The molecule has 0 fully saturated rings. The van der Waals surface area contributed by atoms with Crippen LogP contribution in [0.2, 0.25) is 0 Å². The van der Waals surface area contributed by atoms with Gasteiger partial charge in [-0.2, -0.15) is 4.98 Å². The molecular formula is C10H13N3O2. The molecule has 5 heteroatoms. The number of hydrogen-bond acceptors (Lipinski definition) is 4. The minimum Gasteiger partial charge on any atom is -0.376 e. The Balaban J connectivity index is 2.23. The zero-order valence-corrected chi connectivity index (χ0v) is 8.45. The van der Waals surface area contributed by atoms with Gasteiger partial charge >= 0.3 is 0 Å². The van der Waals surface area contributed by atoms with Crippen molar-refractivity contribution in [3.05, 3.63) is 21.6 Å². The van der Waals surface area contributed by atoms with E-state index < -0.39 is 0 Å². The summed E-state index contributed by atoms with van der Waals surface area (Å²) < 4.78 is 7.42. The third kappa shape index (κ3) is 1.34. The zero-order valence-electron chi connectivity index (χ0n) is 8.45. The Labute approximate surface area is 87.1 Å². The molecule has 0 radical (unpaired) electrons. The molecule has 0 amide bonds. The highest BCUT2D eigenvalue weighted by Gasteiger charge is 2.21. The first-order chi connectivity index (χ1) is 7.36. The van der Waals surface area contributed by atoms with Crippen LogP contribution in [0.5, 0.6) is 0 Å². The summed E-state index contributed by atoms with van der Waals surface area (Å²) in [5.41, 5.74) is 1.72. The molecule has 3 heterocycles. The predicted octanol–water partition coefficient (Wildman–Crippen LogP) is 0.132. The van der Waals surface area contributed by atoms with Gasteiger partial charge in [0.05, 0.1) is 18.8 Å². The van der Waals surface area contributed by atoms with E-state index in [1.54, 1.807) is 0 Å². The average molecular weight is 207 g/mol. The van der Waals surface area contributed by atoms with Crippen LogP contribution in [0.3, 0.4) is 0 Å². The molecule has 0 aromatic carbocycles. The van der Waals surface area contributed by atoms with Gasteiger partial charge in [0, 0.05) is 25.2 Å². The maximum absolute atomic E-state index is 11.7. The molecule has 2 aliphatic rings. The van der Waals surface area contributed by atoms with E-state index in [0.717, 1.165) is 43.1 Å². The van der Waals surface area contributed by atoms with Gasteiger partial charge in [-0.1, -0.05) is 0 Å². The van der Waals surface area contributed by atoms with Gasteiger partial charge in [0.25, 0.3) is 5.56 Å². The summed E-state index contributed by atoms with van der Waals surface area (Å²) in [4.78, 5) is 15.7. The fraction of sp³-hybridized carbons (Fsp3) is 0.600. The van der Waals surface area contributed by atoms with E-state index in [1.807, 2.05) is 0 Å². The van der Waals surface area contributed by atoms with Crippen LogP contribution in [-0.4, -0.2) is 22.7 Å². The first-order valence-electron chi connectivity index (χ1n) is 5.30. The Morgan fingerprint density at radius 1 is 1.47 bits per heavy atom. The Bertz CT molecular complexity index is 453. The highest BCUT2D eigenvalue weighted by atomic mass is 16.5. The first-order valence-corrected chi connectivity index (χ1v) is 5.30. The summed E-state index contributed by atoms with van der Waals surface area (Å²) in [6, 6.07) is 0. The summed E-state index contributed by atoms with van der Waals surface area (Å²) in [5.74, 6) is 0.729. The fourth-order valence-corrected chi connectivity index (χ4v) is 2.23. The fourth-order valence-electron chi connectivity index (χ4n) is 2.23. The lowest BCUT2D eigenvalue weighted by molar-refractivity contribution is 0.106. The number of rotatable bonds is 0. The number of ether oxygens (including phenoxy) is 1. The van der Waals surface area contributed by atoms with E-state index in [2.05, 4.69) is 14.9 Å². The number of nitrogens with zero attached hydrogens (tertiary/aromatic N) is 2. The SMILES string of the molecule is O=c1nc2n(c3c1COCC3)CCCN2. The molecule has 0 saturated heterocycles. The number of anilines is 1. The zero-order chi connectivity index (χ0) is 10.3. The predicted molar refractivity (Wildman–Crippen MR) is 55.0 cm³/mol. The van der Waals surface area contributed by atoms with Crippen molar-refractivity contribution in [1.29, 1.82) is 0 Å². The minimum absolute atomic E-state index is 0.134. The summed E-state index contributed by atoms with van der Waals surface area (Å²) >= 11 is 0. The maximum atomic E-state index is 11.7. The highest BCUT2D eigenvalue weighted by molar-refractivity contribution is 5.34. The number of aromatic nitrogens is 2. The summed E-state index contributed by atoms with van der Waals surface area (Å²) in [7, 11) is 0. The van der Waals surface area contributed by atoms with Crippen molar-refractivity contribution < 1.29 is 4.74 Å². The molecule has 1 N–H and O–H groups in total. The van der Waals surface area contributed by atoms with Crippen molar-refractivity contribution in [2.24, 2.45) is 0 Å². The van der Waals surface area contributed by atoms with E-state index >= 15 is 0 Å². The minimum atomic E-state index is -0.134. The van der Waals surface area contributed by atoms with Gasteiger partial charge in [-0.25, -0.2) is 0 Å². The quantitative estimate of drug-likeness (QED) is 0.657. The molecule has 3 rings (SSSR count). The Morgan fingerprint density at radius 2 is 2.40 bits per heavy atom. The topological polar surface area (TPSA) is 56.2 Å². The van der Waals surface area contributed by atoms with Gasteiger partial charge in [-0.3, -0.25) is 4.79 Å². The standard InChI is InChI=1S/C10H13N3O2/c14-9-7-6-15-5-2-8(7)13-4-1-3-11-10(13)12-9/h1-6H2,(H,11,12,14). The average Bonchev–Trinajstić information content (AvgIpc) is 2.30. The van der Waals surface area contributed by atoms with Gasteiger partial charge in [0.2, 0.25) is 5.95 Å². The maximum Gasteiger partial charge on any atom is 0.280 e. The normalized spacial score (nSPS) is 18.9. The van der Waals surface area contributed by atoms with Crippen LogP contribution in [0, 0.1) is 0 Å². The van der Waals surface area contributed by atoms with Gasteiger partial charge in [-0.05, 0) is 6.42 Å². The molecule has 0 unspecified atom stereocenters. The van der Waals surface area contributed by atoms with Crippen LogP contribution in [0.25, 0.3) is 0 Å². The summed E-state index contributed by atoms with van der Waals surface area (Å²) in [6.07, 6.45) is 1.91. The monoisotopic (exact) mass is 207 g/mol. The second-order valence-corrected chi connectivity index (χ2v) is 3.90. The molecule has 5 nitrogen and oxygen atoms in total.